The molecular weight excluding hydrogens is 428 g/mol. The Morgan fingerprint density at radius 3 is 2.16 bits per heavy atom. The molecule has 1 fully saturated rings. The number of ether oxygens (including phenoxy) is 2. The van der Waals surface area contributed by atoms with Gasteiger partial charge in [0.1, 0.15) is 0 Å². The SMILES string of the molecule is CCOc1ccccc1OCC(=O)N1CCN(S(=O)(=O)c2ccc3ccccc3c2)CC1. The van der Waals surface area contributed by atoms with E-state index in [-0.39, 0.29) is 30.5 Å². The van der Waals surface area contributed by atoms with Gasteiger partial charge >= 0.3 is 0 Å². The van der Waals surface area contributed by atoms with Gasteiger partial charge in [-0.3, -0.25) is 4.79 Å². The number of sulfonamides is 1. The third kappa shape index (κ3) is 4.71. The third-order valence-electron chi connectivity index (χ3n) is 5.45. The lowest BCUT2D eigenvalue weighted by Crippen LogP contribution is -2.51. The van der Waals surface area contributed by atoms with Crippen molar-refractivity contribution in [3.8, 4) is 11.5 Å². The van der Waals surface area contributed by atoms with Crippen molar-refractivity contribution in [1.29, 1.82) is 0 Å². The maximum absolute atomic E-state index is 13.1. The smallest absolute Gasteiger partial charge is 0.260 e. The molecule has 0 aliphatic carbocycles. The molecule has 1 amide bonds. The van der Waals surface area contributed by atoms with Crippen LogP contribution < -0.4 is 9.47 Å². The van der Waals surface area contributed by atoms with E-state index in [0.717, 1.165) is 10.8 Å². The minimum Gasteiger partial charge on any atom is -0.490 e. The Kier molecular flexibility index (Phi) is 6.62. The highest BCUT2D eigenvalue weighted by Crippen LogP contribution is 2.26. The van der Waals surface area contributed by atoms with Crippen LogP contribution in [-0.2, 0) is 14.8 Å². The maximum atomic E-state index is 13.1. The van der Waals surface area contributed by atoms with Crippen molar-refractivity contribution in [3.05, 3.63) is 66.7 Å². The number of amides is 1. The van der Waals surface area contributed by atoms with E-state index in [4.69, 9.17) is 9.47 Å². The molecule has 0 unspecified atom stereocenters. The number of nitrogens with zero attached hydrogens (tertiary/aromatic N) is 2. The molecule has 7 nitrogen and oxygen atoms in total. The third-order valence-corrected chi connectivity index (χ3v) is 7.34. The molecule has 0 saturated carbocycles. The standard InChI is InChI=1S/C24H26N2O5S/c1-2-30-22-9-5-6-10-23(22)31-18-24(27)25-13-15-26(16-14-25)32(28,29)21-12-11-19-7-3-4-8-20(19)17-21/h3-12,17H,2,13-16,18H2,1H3. The maximum Gasteiger partial charge on any atom is 0.260 e. The first-order valence-electron chi connectivity index (χ1n) is 10.6. The first-order valence-corrected chi connectivity index (χ1v) is 12.0. The van der Waals surface area contributed by atoms with Crippen molar-refractivity contribution in [1.82, 2.24) is 9.21 Å². The van der Waals surface area contributed by atoms with Crippen molar-refractivity contribution in [2.24, 2.45) is 0 Å². The van der Waals surface area contributed by atoms with E-state index < -0.39 is 10.0 Å². The fourth-order valence-corrected chi connectivity index (χ4v) is 5.19. The number of hydrogen-bond donors (Lipinski definition) is 0. The molecule has 1 aliphatic rings. The van der Waals surface area contributed by atoms with Crippen LogP contribution in [0.5, 0.6) is 11.5 Å². The van der Waals surface area contributed by atoms with Gasteiger partial charge in [0.25, 0.3) is 5.91 Å². The van der Waals surface area contributed by atoms with Crippen LogP contribution in [0.15, 0.2) is 71.6 Å². The zero-order valence-corrected chi connectivity index (χ0v) is 18.8. The van der Waals surface area contributed by atoms with Gasteiger partial charge in [-0.25, -0.2) is 8.42 Å². The predicted octanol–water partition coefficient (Wildman–Crippen LogP) is 3.15. The second-order valence-corrected chi connectivity index (χ2v) is 9.40. The Hall–Kier alpha value is -3.10. The van der Waals surface area contributed by atoms with Crippen LogP contribution in [-0.4, -0.2) is 62.9 Å². The topological polar surface area (TPSA) is 76.2 Å². The van der Waals surface area contributed by atoms with Crippen molar-refractivity contribution >= 4 is 26.7 Å². The monoisotopic (exact) mass is 454 g/mol. The molecule has 3 aromatic carbocycles. The van der Waals surface area contributed by atoms with Gasteiger partial charge in [-0.1, -0.05) is 42.5 Å². The van der Waals surface area contributed by atoms with Crippen molar-refractivity contribution in [2.45, 2.75) is 11.8 Å². The van der Waals surface area contributed by atoms with Crippen LogP contribution in [0.4, 0.5) is 0 Å². The van der Waals surface area contributed by atoms with Gasteiger partial charge in [0.2, 0.25) is 10.0 Å². The van der Waals surface area contributed by atoms with Crippen molar-refractivity contribution < 1.29 is 22.7 Å². The van der Waals surface area contributed by atoms with E-state index in [0.29, 0.717) is 31.2 Å². The summed E-state index contributed by atoms with van der Waals surface area (Å²) in [5.41, 5.74) is 0. The molecule has 0 radical (unpaired) electrons. The number of rotatable bonds is 7. The molecular formula is C24H26N2O5S. The average molecular weight is 455 g/mol. The summed E-state index contributed by atoms with van der Waals surface area (Å²) in [6, 6.07) is 20.0. The number of piperazine rings is 1. The van der Waals surface area contributed by atoms with E-state index in [1.165, 1.54) is 4.31 Å². The van der Waals surface area contributed by atoms with Crippen LogP contribution in [0.1, 0.15) is 6.92 Å². The van der Waals surface area contributed by atoms with Crippen LogP contribution in [0.3, 0.4) is 0 Å². The van der Waals surface area contributed by atoms with Gasteiger partial charge in [0.05, 0.1) is 11.5 Å². The summed E-state index contributed by atoms with van der Waals surface area (Å²) in [5.74, 6) is 0.924. The van der Waals surface area contributed by atoms with Crippen LogP contribution in [0, 0.1) is 0 Å². The zero-order chi connectivity index (χ0) is 22.6. The molecule has 32 heavy (non-hydrogen) atoms. The number of benzene rings is 3. The van der Waals surface area contributed by atoms with Crippen LogP contribution in [0.25, 0.3) is 10.8 Å². The first kappa shape index (κ1) is 22.1. The highest BCUT2D eigenvalue weighted by molar-refractivity contribution is 7.89. The minimum atomic E-state index is -3.62. The molecule has 0 bridgehead atoms. The minimum absolute atomic E-state index is 0.123. The highest BCUT2D eigenvalue weighted by Gasteiger charge is 2.30. The largest absolute Gasteiger partial charge is 0.490 e. The van der Waals surface area contributed by atoms with Gasteiger partial charge in [0, 0.05) is 26.2 Å². The lowest BCUT2D eigenvalue weighted by Gasteiger charge is -2.34. The van der Waals surface area contributed by atoms with Crippen molar-refractivity contribution in [3.63, 3.8) is 0 Å². The molecule has 0 N–H and O–H groups in total. The van der Waals surface area contributed by atoms with E-state index in [1.54, 1.807) is 29.2 Å². The highest BCUT2D eigenvalue weighted by atomic mass is 32.2. The second-order valence-electron chi connectivity index (χ2n) is 7.46. The quantitative estimate of drug-likeness (QED) is 0.548. The summed E-state index contributed by atoms with van der Waals surface area (Å²) in [7, 11) is -3.62. The Labute approximate surface area is 188 Å². The second kappa shape index (κ2) is 9.58. The van der Waals surface area contributed by atoms with Gasteiger partial charge in [-0.05, 0) is 42.0 Å². The molecule has 3 aromatic rings. The van der Waals surface area contributed by atoms with Crippen molar-refractivity contribution in [2.75, 3.05) is 39.4 Å². The first-order chi connectivity index (χ1) is 15.5. The summed E-state index contributed by atoms with van der Waals surface area (Å²) in [6.45, 7) is 3.40. The molecule has 1 heterocycles. The summed E-state index contributed by atoms with van der Waals surface area (Å²) in [6.07, 6.45) is 0. The van der Waals surface area contributed by atoms with Crippen LogP contribution in [0.2, 0.25) is 0 Å². The fraction of sp³-hybridized carbons (Fsp3) is 0.292. The number of carbonyl (C=O) groups is 1. The van der Waals surface area contributed by atoms with E-state index in [1.807, 2.05) is 49.4 Å². The molecule has 1 aliphatic heterocycles. The normalized spacial score (nSPS) is 15.0. The Morgan fingerprint density at radius 2 is 1.47 bits per heavy atom. The Morgan fingerprint density at radius 1 is 0.844 bits per heavy atom. The number of carbonyl (C=O) groups excluding carboxylic acids is 1. The number of para-hydroxylation sites is 2. The fourth-order valence-electron chi connectivity index (χ4n) is 3.73. The molecule has 1 saturated heterocycles. The zero-order valence-electron chi connectivity index (χ0n) is 17.9. The Balaban J connectivity index is 1.36. The molecule has 4 rings (SSSR count). The summed E-state index contributed by atoms with van der Waals surface area (Å²) < 4.78 is 38.8. The van der Waals surface area contributed by atoms with E-state index >= 15 is 0 Å². The van der Waals surface area contributed by atoms with Gasteiger partial charge < -0.3 is 14.4 Å². The Bertz CT molecular complexity index is 1200. The van der Waals surface area contributed by atoms with E-state index in [2.05, 4.69) is 0 Å². The van der Waals surface area contributed by atoms with Crippen LogP contribution >= 0.6 is 0 Å². The lowest BCUT2D eigenvalue weighted by molar-refractivity contribution is -0.134. The van der Waals surface area contributed by atoms with Gasteiger partial charge in [-0.15, -0.1) is 0 Å². The number of fused-ring (bicyclic) bond motifs is 1. The number of hydrogen-bond acceptors (Lipinski definition) is 5. The molecule has 0 atom stereocenters. The summed E-state index contributed by atoms with van der Waals surface area (Å²) in [4.78, 5) is 14.5. The molecule has 0 spiro atoms. The summed E-state index contributed by atoms with van der Waals surface area (Å²) >= 11 is 0. The lowest BCUT2D eigenvalue weighted by atomic mass is 10.1. The molecule has 168 valence electrons. The molecule has 0 aromatic heterocycles. The summed E-state index contributed by atoms with van der Waals surface area (Å²) in [5, 5.41) is 1.87. The average Bonchev–Trinajstić information content (AvgIpc) is 2.83. The van der Waals surface area contributed by atoms with Gasteiger partial charge in [-0.2, -0.15) is 4.31 Å². The predicted molar refractivity (Wildman–Crippen MR) is 122 cm³/mol. The van der Waals surface area contributed by atoms with E-state index in [9.17, 15) is 13.2 Å². The van der Waals surface area contributed by atoms with Gasteiger partial charge in [0.15, 0.2) is 18.1 Å². The molecule has 8 heteroatoms.